The number of carbonyl (C=O) groups excluding carboxylic acids is 1. The first kappa shape index (κ1) is 57.3. The fraction of sp³-hybridized carbons (Fsp3) is 0.978. The molecule has 13 nitrogen and oxygen atoms in total. The molecule has 14 heteroatoms. The molecule has 8 atom stereocenters. The van der Waals surface area contributed by atoms with Crippen LogP contribution in [-0.4, -0.2) is 108 Å². The van der Waals surface area contributed by atoms with Gasteiger partial charge in [0.2, 0.25) is 5.91 Å². The van der Waals surface area contributed by atoms with Crippen molar-refractivity contribution in [2.75, 3.05) is 6.61 Å². The molecule has 1 amide bonds. The summed E-state index contributed by atoms with van der Waals surface area (Å²) in [5, 5.41) is 73.8. The lowest BCUT2D eigenvalue weighted by Crippen LogP contribution is -2.64. The lowest BCUT2D eigenvalue weighted by Gasteiger charge is -2.41. The fourth-order valence-corrected chi connectivity index (χ4v) is 9.16. The number of rotatable bonds is 41. The molecule has 0 spiro atoms. The Hall–Kier alpha value is -0.700. The van der Waals surface area contributed by atoms with Gasteiger partial charge in [0, 0.05) is 0 Å². The first-order valence-corrected chi connectivity index (χ1v) is 26.1. The van der Waals surface area contributed by atoms with Gasteiger partial charge in [0.1, 0.15) is 36.6 Å². The van der Waals surface area contributed by atoms with Crippen molar-refractivity contribution in [2.45, 2.75) is 281 Å². The summed E-state index contributed by atoms with van der Waals surface area (Å²) in [4.78, 5) is 23.1. The summed E-state index contributed by atoms with van der Waals surface area (Å²) in [6.45, 7) is 3.58. The monoisotopic (exact) mass is 882 g/mol. The van der Waals surface area contributed by atoms with Gasteiger partial charge in [0.05, 0.1) is 31.3 Å². The molecule has 0 saturated heterocycles. The van der Waals surface area contributed by atoms with Crippen molar-refractivity contribution in [3.05, 3.63) is 0 Å². The largest absolute Gasteiger partial charge is 0.472 e. The summed E-state index contributed by atoms with van der Waals surface area (Å²) >= 11 is 0. The standard InChI is InChI=1S/C46H92NO12P/c1-3-5-7-8-9-10-11-12-13-14-15-16-17-18-19-20-21-22-23-24-25-26-27-28-29-30-32-33-37(48)35-40(50)47-38(39(49)34-31-6-4-2)36-58-60(56,57)59-46-44(54)42(52)41(51)43(53)45(46)55/h37-39,41-46,48-49,51-55H,3-36H2,1-2H3,(H,47,50)(H,56,57). The summed E-state index contributed by atoms with van der Waals surface area (Å²) < 4.78 is 22.6. The number of hydrogen-bond acceptors (Lipinski definition) is 11. The van der Waals surface area contributed by atoms with Gasteiger partial charge in [-0.25, -0.2) is 4.57 Å². The summed E-state index contributed by atoms with van der Waals surface area (Å²) in [5.41, 5.74) is 0. The lowest BCUT2D eigenvalue weighted by molar-refractivity contribution is -0.220. The number of aliphatic hydroxyl groups is 7. The lowest BCUT2D eigenvalue weighted by atomic mass is 9.85. The maximum absolute atomic E-state index is 12.8. The summed E-state index contributed by atoms with van der Waals surface area (Å²) in [7, 11) is -5.09. The number of phosphoric ester groups is 1. The van der Waals surface area contributed by atoms with Crippen LogP contribution in [0.5, 0.6) is 0 Å². The van der Waals surface area contributed by atoms with Crippen LogP contribution in [0.2, 0.25) is 0 Å². The highest BCUT2D eigenvalue weighted by molar-refractivity contribution is 7.47. The first-order chi connectivity index (χ1) is 28.8. The smallest absolute Gasteiger partial charge is 0.393 e. The van der Waals surface area contributed by atoms with E-state index in [2.05, 4.69) is 12.2 Å². The molecule has 0 radical (unpaired) electrons. The molecule has 0 heterocycles. The second kappa shape index (κ2) is 36.6. The highest BCUT2D eigenvalue weighted by Gasteiger charge is 2.51. The predicted octanol–water partition coefficient (Wildman–Crippen LogP) is 8.43. The van der Waals surface area contributed by atoms with E-state index >= 15 is 0 Å². The number of nitrogens with one attached hydrogen (secondary N) is 1. The zero-order chi connectivity index (χ0) is 44.4. The van der Waals surface area contributed by atoms with E-state index in [0.717, 1.165) is 38.5 Å². The van der Waals surface area contributed by atoms with E-state index in [1.54, 1.807) is 0 Å². The van der Waals surface area contributed by atoms with Crippen LogP contribution >= 0.6 is 7.82 Å². The SMILES string of the molecule is CCCCCCCCCCCCCCCCCCCCCCCCCCCCCC(O)CC(=O)NC(COP(=O)(O)OC1C(O)C(O)C(O)C(O)C1O)C(O)CCCCC. The number of hydrogen-bond donors (Lipinski definition) is 9. The van der Waals surface area contributed by atoms with Crippen LogP contribution in [0.3, 0.4) is 0 Å². The van der Waals surface area contributed by atoms with Crippen molar-refractivity contribution in [2.24, 2.45) is 0 Å². The molecule has 1 fully saturated rings. The molecule has 0 aliphatic heterocycles. The molecule has 0 aromatic heterocycles. The molecule has 1 rings (SSSR count). The van der Waals surface area contributed by atoms with E-state index in [1.807, 2.05) is 6.92 Å². The molecule has 0 bridgehead atoms. The average Bonchev–Trinajstić information content (AvgIpc) is 3.22. The van der Waals surface area contributed by atoms with Crippen LogP contribution in [0.4, 0.5) is 0 Å². The van der Waals surface area contributed by atoms with Crippen LogP contribution in [0.15, 0.2) is 0 Å². The Labute approximate surface area is 364 Å². The number of carbonyl (C=O) groups is 1. The zero-order valence-electron chi connectivity index (χ0n) is 37.9. The quantitative estimate of drug-likeness (QED) is 0.0208. The van der Waals surface area contributed by atoms with Crippen molar-refractivity contribution in [1.29, 1.82) is 0 Å². The molecular weight excluding hydrogens is 789 g/mol. The van der Waals surface area contributed by atoms with Crippen LogP contribution < -0.4 is 5.32 Å². The van der Waals surface area contributed by atoms with Gasteiger partial charge in [-0.1, -0.05) is 206 Å². The van der Waals surface area contributed by atoms with Crippen LogP contribution in [0, 0.1) is 0 Å². The minimum Gasteiger partial charge on any atom is -0.393 e. The van der Waals surface area contributed by atoms with Gasteiger partial charge in [-0.15, -0.1) is 0 Å². The Balaban J connectivity index is 2.12. The van der Waals surface area contributed by atoms with Gasteiger partial charge >= 0.3 is 7.82 Å². The third-order valence-corrected chi connectivity index (χ3v) is 13.2. The van der Waals surface area contributed by atoms with E-state index in [9.17, 15) is 50.0 Å². The van der Waals surface area contributed by atoms with Gasteiger partial charge < -0.3 is 46.0 Å². The Morgan fingerprint density at radius 2 is 0.833 bits per heavy atom. The molecule has 358 valence electrons. The van der Waals surface area contributed by atoms with Crippen molar-refractivity contribution in [3.8, 4) is 0 Å². The van der Waals surface area contributed by atoms with Crippen molar-refractivity contribution in [3.63, 3.8) is 0 Å². The highest BCUT2D eigenvalue weighted by Crippen LogP contribution is 2.47. The maximum atomic E-state index is 12.8. The summed E-state index contributed by atoms with van der Waals surface area (Å²) in [5.74, 6) is -0.567. The average molecular weight is 882 g/mol. The molecular formula is C46H92NO12P. The molecule has 1 aliphatic rings. The highest BCUT2D eigenvalue weighted by atomic mass is 31.2. The van der Waals surface area contributed by atoms with Crippen LogP contribution in [-0.2, 0) is 18.4 Å². The fourth-order valence-electron chi connectivity index (χ4n) is 8.19. The van der Waals surface area contributed by atoms with E-state index < -0.39 is 75.2 Å². The molecule has 1 saturated carbocycles. The van der Waals surface area contributed by atoms with E-state index in [0.29, 0.717) is 12.8 Å². The van der Waals surface area contributed by atoms with Gasteiger partial charge in [0.15, 0.2) is 0 Å². The second-order valence-electron chi connectivity index (χ2n) is 17.9. The van der Waals surface area contributed by atoms with Crippen LogP contribution in [0.25, 0.3) is 0 Å². The Morgan fingerprint density at radius 1 is 0.517 bits per heavy atom. The van der Waals surface area contributed by atoms with Crippen LogP contribution in [0.1, 0.15) is 226 Å². The van der Waals surface area contributed by atoms with Crippen molar-refractivity contribution >= 4 is 13.7 Å². The molecule has 1 aliphatic carbocycles. The van der Waals surface area contributed by atoms with Gasteiger partial charge in [0.25, 0.3) is 0 Å². The zero-order valence-corrected chi connectivity index (χ0v) is 38.8. The Kier molecular flexibility index (Phi) is 35.0. The number of unbranched alkanes of at least 4 members (excludes halogenated alkanes) is 28. The van der Waals surface area contributed by atoms with Crippen molar-refractivity contribution in [1.82, 2.24) is 5.32 Å². The second-order valence-corrected chi connectivity index (χ2v) is 19.3. The normalized spacial score (nSPS) is 23.3. The number of amides is 1. The Bertz CT molecular complexity index is 1040. The number of phosphoric acid groups is 1. The minimum atomic E-state index is -5.09. The molecule has 0 aromatic rings. The summed E-state index contributed by atoms with van der Waals surface area (Å²) in [6, 6.07) is -1.14. The maximum Gasteiger partial charge on any atom is 0.472 e. The van der Waals surface area contributed by atoms with Gasteiger partial charge in [-0.3, -0.25) is 13.8 Å². The van der Waals surface area contributed by atoms with Gasteiger partial charge in [-0.05, 0) is 12.8 Å². The summed E-state index contributed by atoms with van der Waals surface area (Å²) in [6.07, 6.45) is 24.7. The molecule has 9 N–H and O–H groups in total. The number of aliphatic hydroxyl groups excluding tert-OH is 7. The molecule has 0 aromatic carbocycles. The minimum absolute atomic E-state index is 0.219. The molecule has 8 unspecified atom stereocenters. The first-order valence-electron chi connectivity index (χ1n) is 24.6. The van der Waals surface area contributed by atoms with Crippen molar-refractivity contribution < 1.29 is 59.0 Å². The third-order valence-electron chi connectivity index (χ3n) is 12.2. The van der Waals surface area contributed by atoms with E-state index in [4.69, 9.17) is 9.05 Å². The van der Waals surface area contributed by atoms with E-state index in [-0.39, 0.29) is 12.8 Å². The molecule has 60 heavy (non-hydrogen) atoms. The Morgan fingerprint density at radius 3 is 1.22 bits per heavy atom. The van der Waals surface area contributed by atoms with Gasteiger partial charge in [-0.2, -0.15) is 0 Å². The van der Waals surface area contributed by atoms with E-state index in [1.165, 1.54) is 148 Å². The predicted molar refractivity (Wildman–Crippen MR) is 238 cm³/mol. The topological polar surface area (TPSA) is 226 Å². The third kappa shape index (κ3) is 28.2.